The molecular formula is C8H14N2O. The van der Waals surface area contributed by atoms with Crippen LogP contribution in [0.2, 0.25) is 0 Å². The molecule has 2 fully saturated rings. The maximum absolute atomic E-state index is 11.2. The number of likely N-dealkylation sites (N-methyl/N-ethyl adjacent to an activating group) is 1. The van der Waals surface area contributed by atoms with Crippen LogP contribution in [-0.4, -0.2) is 42.9 Å². The molecule has 0 aromatic heterocycles. The summed E-state index contributed by atoms with van der Waals surface area (Å²) in [6, 6.07) is 0.935. The van der Waals surface area contributed by atoms with Crippen molar-refractivity contribution in [3.05, 3.63) is 0 Å². The Morgan fingerprint density at radius 1 is 1.36 bits per heavy atom. The van der Waals surface area contributed by atoms with E-state index in [0.29, 0.717) is 17.9 Å². The molecule has 0 amide bonds. The van der Waals surface area contributed by atoms with E-state index in [-0.39, 0.29) is 0 Å². The van der Waals surface area contributed by atoms with Crippen LogP contribution >= 0.6 is 0 Å². The Morgan fingerprint density at radius 2 is 1.91 bits per heavy atom. The molecule has 2 aliphatic heterocycles. The lowest BCUT2D eigenvalue weighted by atomic mass is 9.92. The molecule has 2 rings (SSSR count). The molecule has 2 atom stereocenters. The first-order valence-electron chi connectivity index (χ1n) is 4.21. The van der Waals surface area contributed by atoms with E-state index in [1.807, 2.05) is 0 Å². The normalized spacial score (nSPS) is 39.2. The molecule has 3 nitrogen and oxygen atoms in total. The molecule has 1 N–H and O–H groups in total. The first-order valence-corrected chi connectivity index (χ1v) is 4.21. The highest BCUT2D eigenvalue weighted by atomic mass is 16.1. The van der Waals surface area contributed by atoms with Crippen molar-refractivity contribution in [1.82, 2.24) is 10.2 Å². The predicted molar refractivity (Wildman–Crippen MR) is 42.4 cm³/mol. The molecule has 11 heavy (non-hydrogen) atoms. The van der Waals surface area contributed by atoms with Crippen molar-refractivity contribution in [1.29, 1.82) is 0 Å². The highest BCUT2D eigenvalue weighted by Crippen LogP contribution is 2.20. The van der Waals surface area contributed by atoms with Crippen LogP contribution in [0.15, 0.2) is 0 Å². The number of piperazine rings is 1. The zero-order valence-electron chi connectivity index (χ0n) is 6.84. The Labute approximate surface area is 66.8 Å². The van der Waals surface area contributed by atoms with Gasteiger partial charge in [0, 0.05) is 38.0 Å². The monoisotopic (exact) mass is 154 g/mol. The molecule has 0 aliphatic carbocycles. The number of nitrogens with zero attached hydrogens (tertiary/aromatic N) is 1. The molecule has 2 unspecified atom stereocenters. The third-order valence-electron chi connectivity index (χ3n) is 2.84. The molecule has 0 spiro atoms. The average Bonchev–Trinajstić information content (AvgIpc) is 1.92. The van der Waals surface area contributed by atoms with Crippen molar-refractivity contribution in [3.63, 3.8) is 0 Å². The molecule has 3 heteroatoms. The van der Waals surface area contributed by atoms with E-state index in [2.05, 4.69) is 17.3 Å². The number of hydrogen-bond donors (Lipinski definition) is 1. The van der Waals surface area contributed by atoms with Crippen LogP contribution in [0, 0.1) is 0 Å². The lowest BCUT2D eigenvalue weighted by Crippen LogP contribution is -2.59. The fourth-order valence-corrected chi connectivity index (χ4v) is 2.04. The van der Waals surface area contributed by atoms with Crippen LogP contribution in [0.5, 0.6) is 0 Å². The van der Waals surface area contributed by atoms with E-state index in [1.54, 1.807) is 0 Å². The van der Waals surface area contributed by atoms with Crippen LogP contribution in [0.1, 0.15) is 12.8 Å². The van der Waals surface area contributed by atoms with Gasteiger partial charge < -0.3 is 5.32 Å². The highest BCUT2D eigenvalue weighted by Gasteiger charge is 2.34. The number of carbonyl (C=O) groups is 1. The van der Waals surface area contributed by atoms with Gasteiger partial charge in [-0.3, -0.25) is 9.69 Å². The number of nitrogens with one attached hydrogen (secondary N) is 1. The number of carbonyl (C=O) groups excluding carboxylic acids is 1. The lowest BCUT2D eigenvalue weighted by molar-refractivity contribution is -0.125. The van der Waals surface area contributed by atoms with Crippen LogP contribution in [0.3, 0.4) is 0 Å². The van der Waals surface area contributed by atoms with Gasteiger partial charge in [0.1, 0.15) is 5.78 Å². The molecule has 2 bridgehead atoms. The SMILES string of the molecule is CN1C2CNCC1CC(=O)C2. The second kappa shape index (κ2) is 2.57. The Hall–Kier alpha value is -0.410. The minimum atomic E-state index is 0.444. The fourth-order valence-electron chi connectivity index (χ4n) is 2.04. The number of hydrogen-bond acceptors (Lipinski definition) is 3. The summed E-state index contributed by atoms with van der Waals surface area (Å²) in [6.07, 6.45) is 1.50. The van der Waals surface area contributed by atoms with Crippen molar-refractivity contribution in [3.8, 4) is 0 Å². The summed E-state index contributed by atoms with van der Waals surface area (Å²) in [4.78, 5) is 13.5. The smallest absolute Gasteiger partial charge is 0.136 e. The summed E-state index contributed by atoms with van der Waals surface area (Å²) in [7, 11) is 2.13. The van der Waals surface area contributed by atoms with Crippen molar-refractivity contribution in [2.24, 2.45) is 0 Å². The first kappa shape index (κ1) is 7.25. The third-order valence-corrected chi connectivity index (χ3v) is 2.84. The van der Waals surface area contributed by atoms with Crippen molar-refractivity contribution >= 4 is 5.78 Å². The standard InChI is InChI=1S/C8H14N2O/c1-10-6-2-8(11)3-7(10)5-9-4-6/h6-7,9H,2-5H2,1H3. The van der Waals surface area contributed by atoms with Gasteiger partial charge in [0.2, 0.25) is 0 Å². The molecule has 2 saturated heterocycles. The summed E-state index contributed by atoms with van der Waals surface area (Å²) in [5.41, 5.74) is 0. The van der Waals surface area contributed by atoms with Gasteiger partial charge in [-0.15, -0.1) is 0 Å². The van der Waals surface area contributed by atoms with E-state index in [9.17, 15) is 4.79 Å². The van der Waals surface area contributed by atoms with E-state index in [0.717, 1.165) is 25.9 Å². The molecule has 0 radical (unpaired) electrons. The van der Waals surface area contributed by atoms with Crippen LogP contribution < -0.4 is 5.32 Å². The van der Waals surface area contributed by atoms with Gasteiger partial charge in [0.15, 0.2) is 0 Å². The number of Topliss-reactive ketones (excluding diaryl/α,β-unsaturated/α-hetero) is 1. The average molecular weight is 154 g/mol. The quantitative estimate of drug-likeness (QED) is 0.516. The highest BCUT2D eigenvalue weighted by molar-refractivity contribution is 5.80. The predicted octanol–water partition coefficient (Wildman–Crippen LogP) is -0.379. The minimum absolute atomic E-state index is 0.444. The molecule has 0 aromatic rings. The van der Waals surface area contributed by atoms with Crippen molar-refractivity contribution in [2.75, 3.05) is 20.1 Å². The van der Waals surface area contributed by atoms with Gasteiger partial charge >= 0.3 is 0 Å². The summed E-state index contributed by atoms with van der Waals surface area (Å²) in [5, 5.41) is 3.34. The number of ketones is 1. The second-order valence-corrected chi connectivity index (χ2v) is 3.58. The van der Waals surface area contributed by atoms with Crippen LogP contribution in [0.25, 0.3) is 0 Å². The summed E-state index contributed by atoms with van der Waals surface area (Å²) >= 11 is 0. The van der Waals surface area contributed by atoms with Gasteiger partial charge in [-0.2, -0.15) is 0 Å². The first-order chi connectivity index (χ1) is 5.27. The minimum Gasteiger partial charge on any atom is -0.314 e. The van der Waals surface area contributed by atoms with Crippen LogP contribution in [-0.2, 0) is 4.79 Å². The molecule has 0 saturated carbocycles. The summed E-state index contributed by atoms with van der Waals surface area (Å²) in [6.45, 7) is 1.97. The molecule has 2 heterocycles. The lowest BCUT2D eigenvalue weighted by Gasteiger charge is -2.43. The van der Waals surface area contributed by atoms with Gasteiger partial charge in [-0.05, 0) is 7.05 Å². The van der Waals surface area contributed by atoms with Gasteiger partial charge in [-0.25, -0.2) is 0 Å². The Balaban J connectivity index is 2.12. The third kappa shape index (κ3) is 1.19. The molecule has 62 valence electrons. The topological polar surface area (TPSA) is 32.3 Å². The van der Waals surface area contributed by atoms with Gasteiger partial charge in [0.25, 0.3) is 0 Å². The summed E-state index contributed by atoms with van der Waals surface area (Å²) < 4.78 is 0. The summed E-state index contributed by atoms with van der Waals surface area (Å²) in [5.74, 6) is 0.444. The van der Waals surface area contributed by atoms with Crippen molar-refractivity contribution < 1.29 is 4.79 Å². The zero-order valence-corrected chi connectivity index (χ0v) is 6.84. The zero-order chi connectivity index (χ0) is 7.84. The second-order valence-electron chi connectivity index (χ2n) is 3.58. The number of fused-ring (bicyclic) bond motifs is 2. The molecule has 2 aliphatic rings. The van der Waals surface area contributed by atoms with Crippen molar-refractivity contribution in [2.45, 2.75) is 24.9 Å². The van der Waals surface area contributed by atoms with Crippen LogP contribution in [0.4, 0.5) is 0 Å². The Morgan fingerprint density at radius 3 is 2.45 bits per heavy atom. The van der Waals surface area contributed by atoms with Gasteiger partial charge in [-0.1, -0.05) is 0 Å². The van der Waals surface area contributed by atoms with E-state index in [1.165, 1.54) is 0 Å². The fraction of sp³-hybridized carbons (Fsp3) is 0.875. The van der Waals surface area contributed by atoms with Gasteiger partial charge in [0.05, 0.1) is 0 Å². The van der Waals surface area contributed by atoms with E-state index < -0.39 is 0 Å². The largest absolute Gasteiger partial charge is 0.314 e. The number of piperidine rings is 1. The Kier molecular flexibility index (Phi) is 1.69. The number of rotatable bonds is 0. The Bertz CT molecular complexity index is 165. The van der Waals surface area contributed by atoms with E-state index >= 15 is 0 Å². The molecule has 0 aromatic carbocycles. The molecular weight excluding hydrogens is 140 g/mol. The maximum atomic E-state index is 11.2. The maximum Gasteiger partial charge on any atom is 0.136 e. The van der Waals surface area contributed by atoms with E-state index in [4.69, 9.17) is 0 Å².